The van der Waals surface area contributed by atoms with Gasteiger partial charge in [-0.2, -0.15) is 0 Å². The van der Waals surface area contributed by atoms with Crippen LogP contribution >= 0.6 is 24.8 Å². The van der Waals surface area contributed by atoms with E-state index in [1.807, 2.05) is 0 Å². The van der Waals surface area contributed by atoms with E-state index in [2.05, 4.69) is 9.97 Å². The van der Waals surface area contributed by atoms with Crippen molar-refractivity contribution in [2.45, 2.75) is 0 Å². The van der Waals surface area contributed by atoms with E-state index in [4.69, 9.17) is 10.2 Å². The third-order valence-electron chi connectivity index (χ3n) is 1.09. The van der Waals surface area contributed by atoms with Gasteiger partial charge in [0.05, 0.1) is 12.4 Å². The molecule has 1 aromatic heterocycles. The number of halogens is 2. The minimum atomic E-state index is -1.24. The number of aromatic nitrogens is 2. The summed E-state index contributed by atoms with van der Waals surface area (Å²) < 4.78 is 0. The fourth-order valence-corrected chi connectivity index (χ4v) is 0.549. The average molecular weight is 241 g/mol. The summed E-state index contributed by atoms with van der Waals surface area (Å²) in [6.07, 6.45) is 1.79. The van der Waals surface area contributed by atoms with Gasteiger partial charge in [0.15, 0.2) is 11.4 Å². The summed E-state index contributed by atoms with van der Waals surface area (Å²) in [6, 6.07) is 0. The van der Waals surface area contributed by atoms with Crippen molar-refractivity contribution in [3.05, 3.63) is 23.8 Å². The summed E-state index contributed by atoms with van der Waals surface area (Å²) in [5, 5.41) is 16.7. The molecular formula is C6H6Cl2N2O4. The summed E-state index contributed by atoms with van der Waals surface area (Å²) in [5.41, 5.74) is -0.556. The van der Waals surface area contributed by atoms with E-state index in [9.17, 15) is 9.59 Å². The van der Waals surface area contributed by atoms with Gasteiger partial charge in [-0.05, 0) is 0 Å². The predicted molar refractivity (Wildman–Crippen MR) is 50.4 cm³/mol. The number of carboxylic acids is 2. The van der Waals surface area contributed by atoms with Gasteiger partial charge >= 0.3 is 11.9 Å². The standard InChI is InChI=1S/C6H4N2O4.2ClH/c9-5(10)3-1-7-4(2-8-3)6(11)12;;/h1-2H,(H,9,10)(H,11,12);2*1H. The maximum atomic E-state index is 10.2. The lowest BCUT2D eigenvalue weighted by molar-refractivity contribution is 0.0670. The number of nitrogens with zero attached hydrogens (tertiary/aromatic N) is 2. The Morgan fingerprint density at radius 3 is 1.36 bits per heavy atom. The topological polar surface area (TPSA) is 100 Å². The second-order valence-corrected chi connectivity index (χ2v) is 1.90. The van der Waals surface area contributed by atoms with Gasteiger partial charge in [-0.3, -0.25) is 0 Å². The summed E-state index contributed by atoms with van der Waals surface area (Å²) in [6.45, 7) is 0. The van der Waals surface area contributed by atoms with Crippen molar-refractivity contribution >= 4 is 36.8 Å². The van der Waals surface area contributed by atoms with Gasteiger partial charge in [-0.25, -0.2) is 19.6 Å². The zero-order valence-corrected chi connectivity index (χ0v) is 8.21. The van der Waals surface area contributed by atoms with Crippen LogP contribution in [0.2, 0.25) is 0 Å². The van der Waals surface area contributed by atoms with Gasteiger partial charge in [0, 0.05) is 0 Å². The molecule has 2 N–H and O–H groups in total. The molecule has 0 saturated heterocycles. The minimum Gasteiger partial charge on any atom is -0.476 e. The molecule has 1 rings (SSSR count). The molecule has 0 bridgehead atoms. The molecule has 0 aliphatic rings. The first-order valence-corrected chi connectivity index (χ1v) is 2.90. The first-order valence-electron chi connectivity index (χ1n) is 2.90. The summed E-state index contributed by atoms with van der Waals surface area (Å²) >= 11 is 0. The molecule has 8 heteroatoms. The Morgan fingerprint density at radius 1 is 0.929 bits per heavy atom. The first-order chi connectivity index (χ1) is 5.61. The van der Waals surface area contributed by atoms with Crippen LogP contribution < -0.4 is 0 Å². The van der Waals surface area contributed by atoms with Crippen molar-refractivity contribution in [1.29, 1.82) is 0 Å². The van der Waals surface area contributed by atoms with Crippen LogP contribution in [-0.2, 0) is 0 Å². The quantitative estimate of drug-likeness (QED) is 0.790. The maximum Gasteiger partial charge on any atom is 0.356 e. The number of hydrogen-bond acceptors (Lipinski definition) is 4. The molecule has 0 radical (unpaired) electrons. The second-order valence-electron chi connectivity index (χ2n) is 1.90. The van der Waals surface area contributed by atoms with E-state index in [-0.39, 0.29) is 36.2 Å². The minimum absolute atomic E-state index is 0. The van der Waals surface area contributed by atoms with Gasteiger partial charge in [0.1, 0.15) is 0 Å². The highest BCUT2D eigenvalue weighted by Crippen LogP contribution is 1.94. The maximum absolute atomic E-state index is 10.2. The Labute approximate surface area is 90.8 Å². The molecule has 1 heterocycles. The second kappa shape index (κ2) is 6.11. The SMILES string of the molecule is Cl.Cl.O=C(O)c1cnc(C(=O)O)cn1. The number of hydrogen-bond donors (Lipinski definition) is 2. The van der Waals surface area contributed by atoms with Crippen molar-refractivity contribution in [3.8, 4) is 0 Å². The van der Waals surface area contributed by atoms with Gasteiger partial charge < -0.3 is 10.2 Å². The van der Waals surface area contributed by atoms with Crippen molar-refractivity contribution in [2.24, 2.45) is 0 Å². The molecule has 0 aliphatic heterocycles. The molecule has 0 unspecified atom stereocenters. The van der Waals surface area contributed by atoms with Crippen LogP contribution in [0.1, 0.15) is 21.0 Å². The molecular weight excluding hydrogens is 235 g/mol. The van der Waals surface area contributed by atoms with Crippen molar-refractivity contribution in [3.63, 3.8) is 0 Å². The molecule has 1 aromatic rings. The smallest absolute Gasteiger partial charge is 0.356 e. The van der Waals surface area contributed by atoms with E-state index >= 15 is 0 Å². The summed E-state index contributed by atoms with van der Waals surface area (Å²) in [7, 11) is 0. The fraction of sp³-hybridized carbons (Fsp3) is 0. The summed E-state index contributed by atoms with van der Waals surface area (Å²) in [4.78, 5) is 27.2. The lowest BCUT2D eigenvalue weighted by Crippen LogP contribution is -2.06. The zero-order chi connectivity index (χ0) is 9.14. The van der Waals surface area contributed by atoms with E-state index in [1.54, 1.807) is 0 Å². The largest absolute Gasteiger partial charge is 0.476 e. The number of carbonyl (C=O) groups is 2. The van der Waals surface area contributed by atoms with Crippen LogP contribution in [0.25, 0.3) is 0 Å². The van der Waals surface area contributed by atoms with E-state index in [0.29, 0.717) is 0 Å². The van der Waals surface area contributed by atoms with Crippen molar-refractivity contribution < 1.29 is 19.8 Å². The summed E-state index contributed by atoms with van der Waals surface area (Å²) in [5.74, 6) is -2.47. The highest BCUT2D eigenvalue weighted by atomic mass is 35.5. The van der Waals surface area contributed by atoms with Crippen LogP contribution in [0.5, 0.6) is 0 Å². The van der Waals surface area contributed by atoms with Crippen LogP contribution in [-0.4, -0.2) is 32.1 Å². The molecule has 0 atom stereocenters. The Hall–Kier alpha value is -1.40. The van der Waals surface area contributed by atoms with Crippen molar-refractivity contribution in [1.82, 2.24) is 9.97 Å². The molecule has 0 fully saturated rings. The van der Waals surface area contributed by atoms with Crippen LogP contribution in [0, 0.1) is 0 Å². The van der Waals surface area contributed by atoms with Crippen molar-refractivity contribution in [2.75, 3.05) is 0 Å². The van der Waals surface area contributed by atoms with Gasteiger partial charge in [-0.1, -0.05) is 0 Å². The lowest BCUT2D eigenvalue weighted by atomic mass is 10.4. The molecule has 0 aliphatic carbocycles. The lowest BCUT2D eigenvalue weighted by Gasteiger charge is -1.93. The number of aromatic carboxylic acids is 2. The monoisotopic (exact) mass is 240 g/mol. The van der Waals surface area contributed by atoms with Gasteiger partial charge in [0.25, 0.3) is 0 Å². The highest BCUT2D eigenvalue weighted by Gasteiger charge is 2.08. The molecule has 0 aromatic carbocycles. The normalized spacial score (nSPS) is 8.00. The van der Waals surface area contributed by atoms with Crippen LogP contribution in [0.3, 0.4) is 0 Å². The van der Waals surface area contributed by atoms with Gasteiger partial charge in [-0.15, -0.1) is 24.8 Å². The van der Waals surface area contributed by atoms with Crippen LogP contribution in [0.15, 0.2) is 12.4 Å². The third-order valence-corrected chi connectivity index (χ3v) is 1.09. The molecule has 0 spiro atoms. The molecule has 78 valence electrons. The van der Waals surface area contributed by atoms with E-state index in [0.717, 1.165) is 12.4 Å². The molecule has 0 saturated carbocycles. The fourth-order valence-electron chi connectivity index (χ4n) is 0.549. The highest BCUT2D eigenvalue weighted by molar-refractivity contribution is 5.87. The van der Waals surface area contributed by atoms with E-state index in [1.165, 1.54) is 0 Å². The third kappa shape index (κ3) is 3.55. The van der Waals surface area contributed by atoms with E-state index < -0.39 is 11.9 Å². The Kier molecular flexibility index (Phi) is 6.59. The average Bonchev–Trinajstić information content (AvgIpc) is 2.04. The Morgan fingerprint density at radius 2 is 1.21 bits per heavy atom. The molecule has 14 heavy (non-hydrogen) atoms. The molecule has 6 nitrogen and oxygen atoms in total. The Bertz CT molecular complexity index is 294. The first kappa shape index (κ1) is 15.1. The van der Waals surface area contributed by atoms with Crippen LogP contribution in [0.4, 0.5) is 0 Å². The number of carboxylic acid groups (broad SMARTS) is 2. The predicted octanol–water partition coefficient (Wildman–Crippen LogP) is 0.717. The molecule has 0 amide bonds. The van der Waals surface area contributed by atoms with Gasteiger partial charge in [0.2, 0.25) is 0 Å². The Balaban J connectivity index is 0. The number of rotatable bonds is 2. The zero-order valence-electron chi connectivity index (χ0n) is 6.58.